The van der Waals surface area contributed by atoms with E-state index < -0.39 is 16.1 Å². The van der Waals surface area contributed by atoms with Crippen molar-refractivity contribution >= 4 is 33.6 Å². The van der Waals surface area contributed by atoms with Gasteiger partial charge in [-0.3, -0.25) is 4.79 Å². The Morgan fingerprint density at radius 3 is 2.48 bits per heavy atom. The highest BCUT2D eigenvalue weighted by atomic mass is 32.2. The van der Waals surface area contributed by atoms with Crippen LogP contribution in [0.15, 0.2) is 41.6 Å². The molecule has 3 rings (SSSR count). The first-order valence-corrected chi connectivity index (χ1v) is 13.1. The van der Waals surface area contributed by atoms with Crippen molar-refractivity contribution in [2.75, 3.05) is 43.1 Å². The minimum atomic E-state index is -3.82. The van der Waals surface area contributed by atoms with Crippen molar-refractivity contribution in [1.29, 1.82) is 0 Å². The number of thioether (sulfide) groups is 1. The zero-order valence-electron chi connectivity index (χ0n) is 18.1. The predicted octanol–water partition coefficient (Wildman–Crippen LogP) is 1.84. The molecule has 2 heterocycles. The Hall–Kier alpha value is -2.17. The van der Waals surface area contributed by atoms with Gasteiger partial charge in [-0.15, -0.1) is 0 Å². The molecule has 1 saturated heterocycles. The molecule has 1 unspecified atom stereocenters. The number of amides is 1. The first kappa shape index (κ1) is 23.5. The van der Waals surface area contributed by atoms with E-state index in [9.17, 15) is 13.2 Å². The monoisotopic (exact) mass is 463 g/mol. The molecule has 0 bridgehead atoms. The first-order valence-electron chi connectivity index (χ1n) is 10.2. The number of aryl methyl sites for hydroxylation is 2. The van der Waals surface area contributed by atoms with Gasteiger partial charge in [-0.2, -0.15) is 16.5 Å². The number of carbonyl (C=O) groups excluding carboxylic acids is 1. The summed E-state index contributed by atoms with van der Waals surface area (Å²) in [6.45, 7) is 5.82. The number of anilines is 1. The Kier molecular flexibility index (Phi) is 7.90. The normalized spacial score (nSPS) is 15.7. The summed E-state index contributed by atoms with van der Waals surface area (Å²) in [6, 6.07) is 6.28. The Bertz CT molecular complexity index is 993. The number of benzene rings is 1. The van der Waals surface area contributed by atoms with Crippen LogP contribution in [0.2, 0.25) is 0 Å². The molecule has 1 aromatic heterocycles. The number of piperazine rings is 1. The maximum atomic E-state index is 13.2. The summed E-state index contributed by atoms with van der Waals surface area (Å²) in [5.41, 5.74) is 1.52. The van der Waals surface area contributed by atoms with Gasteiger partial charge < -0.3 is 9.80 Å². The fourth-order valence-corrected chi connectivity index (χ4v) is 5.54. The van der Waals surface area contributed by atoms with Gasteiger partial charge in [0, 0.05) is 38.6 Å². The number of rotatable bonds is 8. The molecule has 0 spiro atoms. The summed E-state index contributed by atoms with van der Waals surface area (Å²) < 4.78 is 28.9. The molecular weight excluding hydrogens is 434 g/mol. The van der Waals surface area contributed by atoms with Crippen molar-refractivity contribution in [3.8, 4) is 0 Å². The lowest BCUT2D eigenvalue weighted by molar-refractivity contribution is -0.133. The van der Waals surface area contributed by atoms with Gasteiger partial charge in [-0.05, 0) is 55.5 Å². The number of sulfonamides is 1. The van der Waals surface area contributed by atoms with Crippen LogP contribution in [0.3, 0.4) is 0 Å². The third-order valence-corrected chi connectivity index (χ3v) is 7.52. The second-order valence-electron chi connectivity index (χ2n) is 7.59. The van der Waals surface area contributed by atoms with Crippen LogP contribution in [0, 0.1) is 13.8 Å². The Balaban J connectivity index is 1.71. The van der Waals surface area contributed by atoms with Crippen LogP contribution in [0.1, 0.15) is 17.5 Å². The van der Waals surface area contributed by atoms with Crippen molar-refractivity contribution in [2.24, 2.45) is 0 Å². The van der Waals surface area contributed by atoms with Gasteiger partial charge >= 0.3 is 0 Å². The maximum absolute atomic E-state index is 13.2. The highest BCUT2D eigenvalue weighted by Crippen LogP contribution is 2.19. The molecule has 1 N–H and O–H groups in total. The van der Waals surface area contributed by atoms with Gasteiger partial charge in [0.15, 0.2) is 0 Å². The van der Waals surface area contributed by atoms with E-state index in [4.69, 9.17) is 0 Å². The first-order chi connectivity index (χ1) is 14.8. The molecule has 8 nitrogen and oxygen atoms in total. The second-order valence-corrected chi connectivity index (χ2v) is 10.3. The minimum absolute atomic E-state index is 0.184. The van der Waals surface area contributed by atoms with E-state index in [0.29, 0.717) is 49.9 Å². The lowest BCUT2D eigenvalue weighted by Crippen LogP contribution is -2.55. The lowest BCUT2D eigenvalue weighted by Gasteiger charge is -2.36. The molecule has 31 heavy (non-hydrogen) atoms. The summed E-state index contributed by atoms with van der Waals surface area (Å²) in [5, 5.41) is 0. The average molecular weight is 464 g/mol. The highest BCUT2D eigenvalue weighted by Gasteiger charge is 2.31. The van der Waals surface area contributed by atoms with Crippen molar-refractivity contribution in [2.45, 2.75) is 31.2 Å². The van der Waals surface area contributed by atoms with Crippen LogP contribution in [-0.4, -0.2) is 73.4 Å². The number of nitrogens with zero attached hydrogens (tertiary/aromatic N) is 4. The van der Waals surface area contributed by atoms with Gasteiger partial charge in [-0.25, -0.2) is 18.4 Å². The SMILES string of the molecule is CSCCC(NS(=O)(=O)c1cc(C)ccc1C)C(=O)N1CCN(c2ncccn2)CC1. The minimum Gasteiger partial charge on any atom is -0.338 e. The molecule has 1 aromatic carbocycles. The van der Waals surface area contributed by atoms with Gasteiger partial charge in [0.1, 0.15) is 6.04 Å². The summed E-state index contributed by atoms with van der Waals surface area (Å²) in [6.07, 6.45) is 5.77. The number of hydrogen-bond acceptors (Lipinski definition) is 7. The van der Waals surface area contributed by atoms with E-state index in [1.807, 2.05) is 24.1 Å². The smallest absolute Gasteiger partial charge is 0.241 e. The number of hydrogen-bond donors (Lipinski definition) is 1. The average Bonchev–Trinajstić information content (AvgIpc) is 2.78. The fraction of sp³-hybridized carbons (Fsp3) is 0.476. The van der Waals surface area contributed by atoms with Crippen LogP contribution in [0.25, 0.3) is 0 Å². The molecule has 0 saturated carbocycles. The second kappa shape index (κ2) is 10.4. The quantitative estimate of drug-likeness (QED) is 0.638. The third kappa shape index (κ3) is 5.96. The molecule has 1 fully saturated rings. The number of nitrogens with one attached hydrogen (secondary N) is 1. The van der Waals surface area contributed by atoms with E-state index >= 15 is 0 Å². The molecular formula is C21H29N5O3S2. The molecule has 1 aliphatic rings. The van der Waals surface area contributed by atoms with E-state index in [-0.39, 0.29) is 10.8 Å². The largest absolute Gasteiger partial charge is 0.338 e. The van der Waals surface area contributed by atoms with E-state index in [1.54, 1.807) is 54.2 Å². The molecule has 1 aliphatic heterocycles. The lowest BCUT2D eigenvalue weighted by atomic mass is 10.2. The molecule has 168 valence electrons. The van der Waals surface area contributed by atoms with Gasteiger partial charge in [-0.1, -0.05) is 12.1 Å². The van der Waals surface area contributed by atoms with Crippen LogP contribution in [0.4, 0.5) is 5.95 Å². The fourth-order valence-electron chi connectivity index (χ4n) is 3.52. The molecule has 0 aliphatic carbocycles. The van der Waals surface area contributed by atoms with Crippen LogP contribution in [0.5, 0.6) is 0 Å². The maximum Gasteiger partial charge on any atom is 0.241 e. The Morgan fingerprint density at radius 2 is 1.84 bits per heavy atom. The van der Waals surface area contributed by atoms with Crippen molar-refractivity contribution in [3.05, 3.63) is 47.8 Å². The van der Waals surface area contributed by atoms with E-state index in [1.165, 1.54) is 0 Å². The zero-order valence-corrected chi connectivity index (χ0v) is 19.7. The van der Waals surface area contributed by atoms with Crippen LogP contribution < -0.4 is 9.62 Å². The molecule has 1 amide bonds. The van der Waals surface area contributed by atoms with Crippen molar-refractivity contribution < 1.29 is 13.2 Å². The van der Waals surface area contributed by atoms with E-state index in [2.05, 4.69) is 14.7 Å². The summed E-state index contributed by atoms with van der Waals surface area (Å²) in [5.74, 6) is 1.14. The van der Waals surface area contributed by atoms with Gasteiger partial charge in [0.2, 0.25) is 21.9 Å². The van der Waals surface area contributed by atoms with Crippen molar-refractivity contribution in [3.63, 3.8) is 0 Å². The molecule has 10 heteroatoms. The molecule has 1 atom stereocenters. The van der Waals surface area contributed by atoms with Crippen molar-refractivity contribution in [1.82, 2.24) is 19.6 Å². The van der Waals surface area contributed by atoms with E-state index in [0.717, 1.165) is 5.56 Å². The highest BCUT2D eigenvalue weighted by molar-refractivity contribution is 7.98. The number of carbonyl (C=O) groups is 1. The number of aromatic nitrogens is 2. The summed E-state index contributed by atoms with van der Waals surface area (Å²) >= 11 is 1.59. The van der Waals surface area contributed by atoms with Gasteiger partial charge in [0.25, 0.3) is 0 Å². The predicted molar refractivity (Wildman–Crippen MR) is 124 cm³/mol. The topological polar surface area (TPSA) is 95.5 Å². The molecule has 0 radical (unpaired) electrons. The van der Waals surface area contributed by atoms with Crippen LogP contribution >= 0.6 is 11.8 Å². The summed E-state index contributed by atoms with van der Waals surface area (Å²) in [7, 11) is -3.82. The van der Waals surface area contributed by atoms with Crippen LogP contribution in [-0.2, 0) is 14.8 Å². The van der Waals surface area contributed by atoms with Gasteiger partial charge in [0.05, 0.1) is 4.90 Å². The Morgan fingerprint density at radius 1 is 1.16 bits per heavy atom. The Labute approximate surface area is 188 Å². The summed E-state index contributed by atoms with van der Waals surface area (Å²) in [4.78, 5) is 25.8. The zero-order chi connectivity index (χ0) is 22.4. The standard InChI is InChI=1S/C21H29N5O3S2/c1-16-5-6-17(2)19(15-16)31(28,29)24-18(7-14-30-3)20(27)25-10-12-26(13-11-25)21-22-8-4-9-23-21/h4-6,8-9,15,18,24H,7,10-14H2,1-3H3. The molecule has 2 aromatic rings. The third-order valence-electron chi connectivity index (χ3n) is 5.27.